The first kappa shape index (κ1) is 12.7. The normalized spacial score (nSPS) is 29.6. The summed E-state index contributed by atoms with van der Waals surface area (Å²) in [6.45, 7) is 7.13. The number of fused-ring (bicyclic) bond motifs is 5. The molecule has 2 nitrogen and oxygen atoms in total. The Kier molecular flexibility index (Phi) is 2.71. The number of aromatic nitrogens is 1. The van der Waals surface area contributed by atoms with Crippen molar-refractivity contribution in [2.45, 2.75) is 44.6 Å². The molecule has 2 atom stereocenters. The molecule has 1 aromatic heterocycles. The van der Waals surface area contributed by atoms with E-state index in [4.69, 9.17) is 11.6 Å². The van der Waals surface area contributed by atoms with Gasteiger partial charge in [0.15, 0.2) is 0 Å². The molecule has 4 rings (SSSR count). The topological polar surface area (TPSA) is 19.0 Å². The molecule has 2 aromatic rings. The minimum atomic E-state index is 0.238. The molecular formula is C17H21ClN2. The summed E-state index contributed by atoms with van der Waals surface area (Å²) in [5.41, 5.74) is 4.46. The summed E-state index contributed by atoms with van der Waals surface area (Å²) in [5.74, 6) is 0. The molecule has 3 heterocycles. The van der Waals surface area contributed by atoms with Crippen LogP contribution in [-0.2, 0) is 5.41 Å². The van der Waals surface area contributed by atoms with E-state index in [0.717, 1.165) is 5.02 Å². The zero-order valence-electron chi connectivity index (χ0n) is 12.2. The van der Waals surface area contributed by atoms with Crippen molar-refractivity contribution in [1.82, 2.24) is 9.88 Å². The number of aromatic amines is 1. The summed E-state index contributed by atoms with van der Waals surface area (Å²) in [6, 6.07) is 6.86. The largest absolute Gasteiger partial charge is 0.358 e. The maximum Gasteiger partial charge on any atom is 0.0460 e. The van der Waals surface area contributed by atoms with E-state index in [0.29, 0.717) is 6.04 Å². The third-order valence-electron chi connectivity index (χ3n) is 5.43. The van der Waals surface area contributed by atoms with Crippen molar-refractivity contribution in [1.29, 1.82) is 0 Å². The highest BCUT2D eigenvalue weighted by atomic mass is 35.5. The molecule has 0 saturated carbocycles. The monoisotopic (exact) mass is 288 g/mol. The Bertz CT molecular complexity index is 675. The molecule has 1 aromatic carbocycles. The maximum atomic E-state index is 6.24. The molecule has 0 amide bonds. The van der Waals surface area contributed by atoms with Gasteiger partial charge in [-0.25, -0.2) is 0 Å². The van der Waals surface area contributed by atoms with Crippen molar-refractivity contribution in [3.05, 3.63) is 34.5 Å². The van der Waals surface area contributed by atoms with Crippen LogP contribution in [-0.4, -0.2) is 23.0 Å². The highest BCUT2D eigenvalue weighted by molar-refractivity contribution is 6.31. The van der Waals surface area contributed by atoms with E-state index in [1.165, 1.54) is 54.5 Å². The van der Waals surface area contributed by atoms with Gasteiger partial charge in [0.1, 0.15) is 0 Å². The molecule has 1 saturated heterocycles. The molecule has 1 N–H and O–H groups in total. The molecule has 0 radical (unpaired) electrons. The van der Waals surface area contributed by atoms with Gasteiger partial charge in [-0.05, 0) is 49.6 Å². The summed E-state index contributed by atoms with van der Waals surface area (Å²) >= 11 is 6.24. The van der Waals surface area contributed by atoms with Crippen molar-refractivity contribution < 1.29 is 0 Å². The highest BCUT2D eigenvalue weighted by Crippen LogP contribution is 2.48. The van der Waals surface area contributed by atoms with Crippen molar-refractivity contribution in [3.63, 3.8) is 0 Å². The molecule has 0 aliphatic carbocycles. The van der Waals surface area contributed by atoms with Crippen molar-refractivity contribution >= 4 is 22.5 Å². The van der Waals surface area contributed by atoms with E-state index in [-0.39, 0.29) is 5.41 Å². The second-order valence-corrected chi connectivity index (χ2v) is 7.08. The van der Waals surface area contributed by atoms with E-state index in [9.17, 15) is 0 Å². The van der Waals surface area contributed by atoms with E-state index in [1.54, 1.807) is 0 Å². The smallest absolute Gasteiger partial charge is 0.0460 e. The molecular weight excluding hydrogens is 268 g/mol. The SMILES string of the molecule is CCC1(C)CN2CCCC2c2c1[nH]c1ccc(Cl)cc21. The van der Waals surface area contributed by atoms with Crippen LogP contribution < -0.4 is 0 Å². The summed E-state index contributed by atoms with van der Waals surface area (Å²) in [5, 5.41) is 2.18. The Morgan fingerprint density at radius 3 is 3.10 bits per heavy atom. The minimum absolute atomic E-state index is 0.238. The number of nitrogens with zero attached hydrogens (tertiary/aromatic N) is 1. The zero-order chi connectivity index (χ0) is 13.9. The summed E-state index contributed by atoms with van der Waals surface area (Å²) < 4.78 is 0. The van der Waals surface area contributed by atoms with Gasteiger partial charge in [-0.2, -0.15) is 0 Å². The summed E-state index contributed by atoms with van der Waals surface area (Å²) in [4.78, 5) is 6.39. The van der Waals surface area contributed by atoms with Crippen molar-refractivity contribution in [3.8, 4) is 0 Å². The average Bonchev–Trinajstić information content (AvgIpc) is 3.02. The van der Waals surface area contributed by atoms with Gasteiger partial charge in [-0.15, -0.1) is 0 Å². The number of hydrogen-bond acceptors (Lipinski definition) is 1. The van der Waals surface area contributed by atoms with Gasteiger partial charge < -0.3 is 4.98 Å². The van der Waals surface area contributed by atoms with Gasteiger partial charge in [0.05, 0.1) is 0 Å². The fourth-order valence-corrected chi connectivity index (χ4v) is 4.34. The maximum absolute atomic E-state index is 6.24. The van der Waals surface area contributed by atoms with Gasteiger partial charge in [0.25, 0.3) is 0 Å². The fourth-order valence-electron chi connectivity index (χ4n) is 4.17. The highest BCUT2D eigenvalue weighted by Gasteiger charge is 2.43. The van der Waals surface area contributed by atoms with Gasteiger partial charge in [-0.3, -0.25) is 4.90 Å². The van der Waals surface area contributed by atoms with Crippen molar-refractivity contribution in [2.24, 2.45) is 0 Å². The first-order valence-electron chi connectivity index (χ1n) is 7.68. The first-order chi connectivity index (χ1) is 9.62. The minimum Gasteiger partial charge on any atom is -0.358 e. The lowest BCUT2D eigenvalue weighted by Crippen LogP contribution is -2.43. The molecule has 2 aliphatic heterocycles. The Morgan fingerprint density at radius 2 is 2.30 bits per heavy atom. The van der Waals surface area contributed by atoms with E-state index in [1.807, 2.05) is 6.07 Å². The third kappa shape index (κ3) is 1.61. The first-order valence-corrected chi connectivity index (χ1v) is 8.06. The van der Waals surface area contributed by atoms with Crippen LogP contribution in [0.5, 0.6) is 0 Å². The van der Waals surface area contributed by atoms with Crippen LogP contribution in [0.2, 0.25) is 5.02 Å². The van der Waals surface area contributed by atoms with Crippen LogP contribution in [0.1, 0.15) is 50.4 Å². The van der Waals surface area contributed by atoms with Gasteiger partial charge in [0, 0.05) is 39.6 Å². The number of nitrogens with one attached hydrogen (secondary N) is 1. The number of halogens is 1. The third-order valence-corrected chi connectivity index (χ3v) is 5.67. The molecule has 0 bridgehead atoms. The summed E-state index contributed by atoms with van der Waals surface area (Å²) in [6.07, 6.45) is 3.77. The van der Waals surface area contributed by atoms with E-state index >= 15 is 0 Å². The molecule has 0 spiro atoms. The zero-order valence-corrected chi connectivity index (χ0v) is 12.9. The molecule has 20 heavy (non-hydrogen) atoms. The predicted octanol–water partition coefficient (Wildman–Crippen LogP) is 4.64. The quantitative estimate of drug-likeness (QED) is 0.810. The lowest BCUT2D eigenvalue weighted by molar-refractivity contribution is 0.170. The molecule has 106 valence electrons. The molecule has 2 unspecified atom stereocenters. The Balaban J connectivity index is 2.03. The van der Waals surface area contributed by atoms with Crippen LogP contribution >= 0.6 is 11.6 Å². The predicted molar refractivity (Wildman–Crippen MR) is 84.5 cm³/mol. The number of rotatable bonds is 1. The summed E-state index contributed by atoms with van der Waals surface area (Å²) in [7, 11) is 0. The molecule has 3 heteroatoms. The van der Waals surface area contributed by atoms with Crippen molar-refractivity contribution in [2.75, 3.05) is 13.1 Å². The average molecular weight is 289 g/mol. The number of hydrogen-bond donors (Lipinski definition) is 1. The second kappa shape index (κ2) is 4.25. The van der Waals surface area contributed by atoms with Gasteiger partial charge in [0.2, 0.25) is 0 Å². The van der Waals surface area contributed by atoms with Crippen LogP contribution in [0.3, 0.4) is 0 Å². The van der Waals surface area contributed by atoms with Crippen LogP contribution in [0.15, 0.2) is 18.2 Å². The second-order valence-electron chi connectivity index (χ2n) is 6.65. The van der Waals surface area contributed by atoms with Crippen LogP contribution in [0.25, 0.3) is 10.9 Å². The van der Waals surface area contributed by atoms with Crippen LogP contribution in [0, 0.1) is 0 Å². The van der Waals surface area contributed by atoms with Gasteiger partial charge >= 0.3 is 0 Å². The van der Waals surface area contributed by atoms with E-state index < -0.39 is 0 Å². The molecule has 1 fully saturated rings. The Hall–Kier alpha value is -0.990. The lowest BCUT2D eigenvalue weighted by Gasteiger charge is -2.42. The number of benzene rings is 1. The van der Waals surface area contributed by atoms with Gasteiger partial charge in [-0.1, -0.05) is 25.4 Å². The van der Waals surface area contributed by atoms with E-state index in [2.05, 4.69) is 35.9 Å². The standard InChI is InChI=1S/C17H21ClN2/c1-3-17(2)10-20-8-4-5-14(20)15-12-9-11(18)6-7-13(12)19-16(15)17/h6-7,9,14,19H,3-5,8,10H2,1-2H3. The van der Waals surface area contributed by atoms with Crippen LogP contribution in [0.4, 0.5) is 0 Å². The fraction of sp³-hybridized carbons (Fsp3) is 0.529. The number of H-pyrrole nitrogens is 1. The molecule has 2 aliphatic rings. The lowest BCUT2D eigenvalue weighted by atomic mass is 9.76. The Labute approximate surface area is 125 Å². The Morgan fingerprint density at radius 1 is 1.45 bits per heavy atom.